The van der Waals surface area contributed by atoms with Gasteiger partial charge < -0.3 is 0 Å². The maximum absolute atomic E-state index is 2.79. The molecule has 0 aromatic carbocycles. The molecule has 4 aliphatic rings. The summed E-state index contributed by atoms with van der Waals surface area (Å²) >= 11 is 0.301. The summed E-state index contributed by atoms with van der Waals surface area (Å²) in [4.78, 5) is 2.43. The van der Waals surface area contributed by atoms with Gasteiger partial charge in [0.25, 0.3) is 0 Å². The molecule has 0 nitrogen and oxygen atoms in total. The Kier molecular flexibility index (Phi) is 5.35. The van der Waals surface area contributed by atoms with E-state index in [1.54, 1.807) is 5.57 Å². The molecule has 0 aromatic heterocycles. The zero-order chi connectivity index (χ0) is 19.4. The number of rotatable bonds is 2. The van der Waals surface area contributed by atoms with Crippen LogP contribution in [0.3, 0.4) is 0 Å². The van der Waals surface area contributed by atoms with E-state index in [-0.39, 0.29) is 0 Å². The Morgan fingerprint density at radius 3 is 2.59 bits per heavy atom. The molecule has 27 heavy (non-hydrogen) atoms. The second-order valence-electron chi connectivity index (χ2n) is 11.1. The van der Waals surface area contributed by atoms with Crippen LogP contribution in [0.4, 0.5) is 0 Å². The number of hydrogen-bond acceptors (Lipinski definition) is 0. The fourth-order valence-electron chi connectivity index (χ4n) is 8.06. The molecular weight excluding hydrogens is 439 g/mol. The van der Waals surface area contributed by atoms with E-state index in [0.29, 0.717) is 37.0 Å². The Bertz CT molecular complexity index is 684. The topological polar surface area (TPSA) is 0 Å². The monoisotopic (exact) mass is 480 g/mol. The van der Waals surface area contributed by atoms with Gasteiger partial charge in [-0.15, -0.1) is 20.7 Å². The van der Waals surface area contributed by atoms with E-state index < -0.39 is 0 Å². The maximum Gasteiger partial charge on any atom is -0.00846 e. The van der Waals surface area contributed by atoms with E-state index in [9.17, 15) is 0 Å². The molecule has 0 aliphatic heterocycles. The van der Waals surface area contributed by atoms with Crippen molar-refractivity contribution in [1.82, 2.24) is 0 Å². The second kappa shape index (κ2) is 7.10. The molecule has 0 spiro atoms. The van der Waals surface area contributed by atoms with Crippen molar-refractivity contribution in [2.75, 3.05) is 4.93 Å². The molecular formula is C26H41I. The quantitative estimate of drug-likeness (QED) is 0.214. The van der Waals surface area contributed by atoms with Gasteiger partial charge in [0.2, 0.25) is 0 Å². The normalized spacial score (nSPS) is 50.4. The van der Waals surface area contributed by atoms with E-state index in [1.165, 1.54) is 51.4 Å². The van der Waals surface area contributed by atoms with Crippen LogP contribution < -0.4 is 0 Å². The van der Waals surface area contributed by atoms with Gasteiger partial charge in [0.05, 0.1) is 0 Å². The smallest absolute Gasteiger partial charge is 0.00846 e. The lowest BCUT2D eigenvalue weighted by atomic mass is 9.46. The van der Waals surface area contributed by atoms with Crippen LogP contribution in [0, 0.1) is 39.9 Å². The fraction of sp³-hybridized carbons (Fsp3) is 0.808. The van der Waals surface area contributed by atoms with Crippen molar-refractivity contribution in [3.63, 3.8) is 0 Å². The number of hydrogen-bond donors (Lipinski definition) is 0. The first kappa shape index (κ1) is 20.4. The number of allylic oxidation sites excluding steroid dienone is 4. The molecule has 4 rings (SSSR count). The molecule has 0 saturated heterocycles. The molecule has 0 aromatic rings. The van der Waals surface area contributed by atoms with Crippen LogP contribution >= 0.6 is 20.7 Å². The van der Waals surface area contributed by atoms with Crippen LogP contribution in [0.2, 0.25) is 0 Å². The largest absolute Gasteiger partial charge is 0.130 e. The zero-order valence-corrected chi connectivity index (χ0v) is 20.7. The Morgan fingerprint density at radius 2 is 1.89 bits per heavy atom. The van der Waals surface area contributed by atoms with Crippen molar-refractivity contribution < 1.29 is 0 Å². The lowest BCUT2D eigenvalue weighted by molar-refractivity contribution is 0.0134. The van der Waals surface area contributed by atoms with Gasteiger partial charge in [-0.25, -0.2) is 0 Å². The summed E-state index contributed by atoms with van der Waals surface area (Å²) < 4.78 is 2.74. The third-order valence-corrected chi connectivity index (χ3v) is 11.9. The van der Waals surface area contributed by atoms with Gasteiger partial charge in [0, 0.05) is 0 Å². The van der Waals surface area contributed by atoms with Crippen molar-refractivity contribution in [1.29, 1.82) is 0 Å². The molecule has 3 saturated carbocycles. The molecule has 0 heterocycles. The molecule has 0 N–H and O–H groups in total. The van der Waals surface area contributed by atoms with Crippen molar-refractivity contribution in [3.05, 3.63) is 23.3 Å². The minimum absolute atomic E-state index is 0.301. The van der Waals surface area contributed by atoms with Crippen LogP contribution in [-0.4, -0.2) is 8.94 Å². The Labute approximate surface area is 178 Å². The summed E-state index contributed by atoms with van der Waals surface area (Å²) in [6.45, 7) is 12.5. The van der Waals surface area contributed by atoms with Crippen LogP contribution in [0.25, 0.3) is 0 Å². The summed E-state index contributed by atoms with van der Waals surface area (Å²) in [5.74, 6) is 3.60. The summed E-state index contributed by atoms with van der Waals surface area (Å²) in [7, 11) is 0. The molecule has 4 aliphatic carbocycles. The maximum atomic E-state index is 2.79. The van der Waals surface area contributed by atoms with Crippen LogP contribution in [0.1, 0.15) is 86.0 Å². The Morgan fingerprint density at radius 1 is 1.11 bits per heavy atom. The highest BCUT2D eigenvalue weighted by atomic mass is 127. The molecule has 0 unspecified atom stereocenters. The predicted octanol–water partition coefficient (Wildman–Crippen LogP) is 7.94. The summed E-state index contributed by atoms with van der Waals surface area (Å²) in [6.07, 6.45) is 16.7. The van der Waals surface area contributed by atoms with Gasteiger partial charge in [0.15, 0.2) is 0 Å². The number of halogens is 1. The van der Waals surface area contributed by atoms with E-state index >= 15 is 0 Å². The van der Waals surface area contributed by atoms with Gasteiger partial charge in [-0.2, -0.15) is 0 Å². The van der Waals surface area contributed by atoms with Crippen molar-refractivity contribution in [2.24, 2.45) is 39.9 Å². The van der Waals surface area contributed by atoms with E-state index in [4.69, 9.17) is 0 Å². The van der Waals surface area contributed by atoms with Crippen molar-refractivity contribution in [3.8, 4) is 0 Å². The average Bonchev–Trinajstić information content (AvgIpc) is 2.99. The van der Waals surface area contributed by atoms with Crippen molar-refractivity contribution >= 4 is 24.7 Å². The first-order valence-electron chi connectivity index (χ1n) is 11.4. The van der Waals surface area contributed by atoms with Crippen molar-refractivity contribution in [2.45, 2.75) is 86.0 Å². The highest BCUT2D eigenvalue weighted by Crippen LogP contribution is 2.67. The van der Waals surface area contributed by atoms with Gasteiger partial charge in [0.1, 0.15) is 0 Å². The SMILES string of the molecule is C/C=C(/C)[C@H]1CC[C@H]2[C@@H]3CC[C@H]4C[C@](C)(C=IC)CC[C@]4(C)C3=CC[C@]12C. The summed E-state index contributed by atoms with van der Waals surface area (Å²) in [5, 5.41) is 0. The number of fused-ring (bicyclic) bond motifs is 5. The zero-order valence-electron chi connectivity index (χ0n) is 18.6. The number of alkyl halides is 1. The average molecular weight is 481 g/mol. The minimum Gasteiger partial charge on any atom is -0.130 e. The van der Waals surface area contributed by atoms with Crippen LogP contribution in [0.15, 0.2) is 23.3 Å². The Balaban J connectivity index is 1.64. The summed E-state index contributed by atoms with van der Waals surface area (Å²) in [5.41, 5.74) is 5.16. The highest BCUT2D eigenvalue weighted by Gasteiger charge is 2.57. The second-order valence-corrected chi connectivity index (χ2v) is 13.0. The molecule has 0 amide bonds. The third kappa shape index (κ3) is 3.08. The van der Waals surface area contributed by atoms with E-state index in [1.807, 2.05) is 5.57 Å². The Hall–Kier alpha value is 0.0800. The molecule has 0 radical (unpaired) electrons. The molecule has 1 heteroatoms. The lowest BCUT2D eigenvalue weighted by Crippen LogP contribution is -2.49. The van der Waals surface area contributed by atoms with E-state index in [2.05, 4.69) is 55.7 Å². The van der Waals surface area contributed by atoms with Gasteiger partial charge in [-0.3, -0.25) is 0 Å². The van der Waals surface area contributed by atoms with Crippen LogP contribution in [-0.2, 0) is 0 Å². The first-order valence-corrected chi connectivity index (χ1v) is 14.8. The summed E-state index contributed by atoms with van der Waals surface area (Å²) in [6, 6.07) is 0. The van der Waals surface area contributed by atoms with Crippen LogP contribution in [0.5, 0.6) is 0 Å². The molecule has 152 valence electrons. The molecule has 3 fully saturated rings. The third-order valence-electron chi connectivity index (χ3n) is 9.75. The molecule has 7 atom stereocenters. The van der Waals surface area contributed by atoms with E-state index in [0.717, 1.165) is 23.7 Å². The highest BCUT2D eigenvalue weighted by molar-refractivity contribution is 14.2. The standard InChI is InChI=1S/C26H41I/c1-7-18(2)21-10-11-22-20-9-8-19-16-24(3,17-27-6)14-15-25(19,4)23(20)12-13-26(21,22)5/h7,12,17,19-22H,8-11,13-16H2,1-6H3/b18-7-/t19-,20-,21+,22-,24+,25-,26+/m0/s1. The lowest BCUT2D eigenvalue weighted by Gasteiger charge is -2.58. The minimum atomic E-state index is 0.301. The fourth-order valence-corrected chi connectivity index (χ4v) is 10.1. The first-order chi connectivity index (χ1) is 12.8. The predicted molar refractivity (Wildman–Crippen MR) is 129 cm³/mol. The van der Waals surface area contributed by atoms with Gasteiger partial charge in [-0.1, -0.05) is 44.1 Å². The van der Waals surface area contributed by atoms with Gasteiger partial charge in [-0.05, 0) is 114 Å². The van der Waals surface area contributed by atoms with Gasteiger partial charge >= 0.3 is 0 Å². The molecule has 0 bridgehead atoms.